The van der Waals surface area contributed by atoms with Crippen LogP contribution in [0.4, 0.5) is 11.4 Å². The number of anilines is 2. The van der Waals surface area contributed by atoms with E-state index in [1.807, 2.05) is 89.8 Å². The van der Waals surface area contributed by atoms with Crippen LogP contribution in [0.1, 0.15) is 27.7 Å². The molecule has 0 bridgehead atoms. The lowest BCUT2D eigenvalue weighted by Gasteiger charge is -2.46. The molecule has 0 fully saturated rings. The average molecular weight is 465 g/mol. The van der Waals surface area contributed by atoms with Gasteiger partial charge in [-0.25, -0.2) is 4.79 Å². The molecule has 6 nitrogen and oxygen atoms in total. The van der Waals surface area contributed by atoms with Gasteiger partial charge in [-0.2, -0.15) is 0 Å². The van der Waals surface area contributed by atoms with Crippen LogP contribution in [0, 0.1) is 0 Å². The molecule has 0 saturated heterocycles. The summed E-state index contributed by atoms with van der Waals surface area (Å²) in [6.07, 6.45) is -0.423. The van der Waals surface area contributed by atoms with Crippen LogP contribution in [-0.2, 0) is 11.3 Å². The largest absolute Gasteiger partial charge is 0.482 e. The van der Waals surface area contributed by atoms with Crippen LogP contribution < -0.4 is 14.5 Å². The van der Waals surface area contributed by atoms with E-state index in [0.29, 0.717) is 17.9 Å². The summed E-state index contributed by atoms with van der Waals surface area (Å²) in [4.78, 5) is 28.8. The topological polar surface area (TPSA) is 70.1 Å². The Morgan fingerprint density at radius 3 is 2.11 bits per heavy atom. The highest BCUT2D eigenvalue weighted by atomic mass is 16.5. The SMILES string of the molecule is O=C(O)COc1ccc([C@H]2N(Cc3ccccc3)c3ccccc3C(=O)N2c2ccccc2)cc1. The van der Waals surface area contributed by atoms with Crippen molar-refractivity contribution in [1.29, 1.82) is 0 Å². The van der Waals surface area contributed by atoms with Crippen LogP contribution in [0.15, 0.2) is 109 Å². The van der Waals surface area contributed by atoms with E-state index in [2.05, 4.69) is 17.0 Å². The molecule has 6 heteroatoms. The maximum absolute atomic E-state index is 13.9. The average Bonchev–Trinajstić information content (AvgIpc) is 2.90. The zero-order valence-corrected chi connectivity index (χ0v) is 19.0. The van der Waals surface area contributed by atoms with E-state index in [-0.39, 0.29) is 5.91 Å². The van der Waals surface area contributed by atoms with Gasteiger partial charge in [0.1, 0.15) is 11.9 Å². The van der Waals surface area contributed by atoms with Gasteiger partial charge in [-0.15, -0.1) is 0 Å². The van der Waals surface area contributed by atoms with E-state index in [1.165, 1.54) is 0 Å². The lowest BCUT2D eigenvalue weighted by atomic mass is 9.99. The number of rotatable bonds is 7. The summed E-state index contributed by atoms with van der Waals surface area (Å²) < 4.78 is 5.33. The molecule has 1 amide bonds. The molecule has 0 aromatic heterocycles. The Kier molecular flexibility index (Phi) is 6.18. The molecular formula is C29H24N2O4. The number of ether oxygens (including phenoxy) is 1. The monoisotopic (exact) mass is 464 g/mol. The molecule has 0 radical (unpaired) electrons. The first-order chi connectivity index (χ1) is 17.1. The number of fused-ring (bicyclic) bond motifs is 1. The van der Waals surface area contributed by atoms with E-state index < -0.39 is 18.7 Å². The number of benzene rings is 4. The van der Waals surface area contributed by atoms with Crippen molar-refractivity contribution in [3.63, 3.8) is 0 Å². The molecule has 35 heavy (non-hydrogen) atoms. The normalized spacial score (nSPS) is 15.0. The van der Waals surface area contributed by atoms with Crippen molar-refractivity contribution >= 4 is 23.3 Å². The molecule has 1 heterocycles. The Morgan fingerprint density at radius 2 is 1.43 bits per heavy atom. The predicted molar refractivity (Wildman–Crippen MR) is 135 cm³/mol. The Balaban J connectivity index is 1.63. The van der Waals surface area contributed by atoms with Gasteiger partial charge in [0.15, 0.2) is 6.61 Å². The van der Waals surface area contributed by atoms with E-state index in [4.69, 9.17) is 9.84 Å². The predicted octanol–water partition coefficient (Wildman–Crippen LogP) is 5.52. The molecule has 5 rings (SSSR count). The third kappa shape index (κ3) is 4.59. The Morgan fingerprint density at radius 1 is 0.800 bits per heavy atom. The standard InChI is InChI=1S/C29H24N2O4/c32-27(33)20-35-24-17-15-22(16-18-24)28-30(19-21-9-3-1-4-10-21)26-14-8-7-13-25(26)29(34)31(28)23-11-5-2-6-12-23/h1-18,28H,19-20H2,(H,32,33)/t28-/m0/s1. The van der Waals surface area contributed by atoms with Gasteiger partial charge in [-0.1, -0.05) is 72.8 Å². The zero-order chi connectivity index (χ0) is 24.2. The Labute approximate surface area is 203 Å². The number of hydrogen-bond acceptors (Lipinski definition) is 4. The van der Waals surface area contributed by atoms with E-state index >= 15 is 0 Å². The second kappa shape index (κ2) is 9.73. The summed E-state index contributed by atoms with van der Waals surface area (Å²) in [5.41, 5.74) is 4.31. The molecule has 0 aliphatic carbocycles. The molecule has 174 valence electrons. The van der Waals surface area contributed by atoms with Crippen molar-refractivity contribution in [1.82, 2.24) is 0 Å². The summed E-state index contributed by atoms with van der Waals surface area (Å²) in [5.74, 6) is -0.653. The number of nitrogens with zero attached hydrogens (tertiary/aromatic N) is 2. The molecule has 0 spiro atoms. The number of carbonyl (C=O) groups is 2. The van der Waals surface area contributed by atoms with Crippen LogP contribution in [0.5, 0.6) is 5.75 Å². The highest BCUT2D eigenvalue weighted by molar-refractivity contribution is 6.12. The smallest absolute Gasteiger partial charge is 0.341 e. The van der Waals surface area contributed by atoms with Gasteiger partial charge in [-0.05, 0) is 47.5 Å². The molecule has 1 atom stereocenters. The van der Waals surface area contributed by atoms with Gasteiger partial charge < -0.3 is 14.7 Å². The van der Waals surface area contributed by atoms with E-state index in [0.717, 1.165) is 22.5 Å². The maximum atomic E-state index is 13.9. The highest BCUT2D eigenvalue weighted by Gasteiger charge is 2.39. The van der Waals surface area contributed by atoms with Gasteiger partial charge in [-0.3, -0.25) is 9.69 Å². The fraction of sp³-hybridized carbons (Fsp3) is 0.103. The molecule has 1 aliphatic heterocycles. The summed E-state index contributed by atoms with van der Waals surface area (Å²) in [6, 6.07) is 34.7. The summed E-state index contributed by atoms with van der Waals surface area (Å²) >= 11 is 0. The van der Waals surface area contributed by atoms with Crippen molar-refractivity contribution in [2.24, 2.45) is 0 Å². The minimum atomic E-state index is -1.03. The number of aliphatic carboxylic acids is 1. The second-order valence-electron chi connectivity index (χ2n) is 8.27. The lowest BCUT2D eigenvalue weighted by Crippen LogP contribution is -2.49. The van der Waals surface area contributed by atoms with E-state index in [1.54, 1.807) is 12.1 Å². The van der Waals surface area contributed by atoms with Crippen LogP contribution in [0.2, 0.25) is 0 Å². The third-order valence-corrected chi connectivity index (χ3v) is 5.97. The van der Waals surface area contributed by atoms with Gasteiger partial charge in [0, 0.05) is 12.2 Å². The fourth-order valence-corrected chi connectivity index (χ4v) is 4.43. The summed E-state index contributed by atoms with van der Waals surface area (Å²) in [5, 5.41) is 8.92. The lowest BCUT2D eigenvalue weighted by molar-refractivity contribution is -0.139. The molecular weight excluding hydrogens is 440 g/mol. The number of carboxylic acids is 1. The van der Waals surface area contributed by atoms with Gasteiger partial charge in [0.25, 0.3) is 5.91 Å². The van der Waals surface area contributed by atoms with Crippen molar-refractivity contribution in [2.45, 2.75) is 12.7 Å². The zero-order valence-electron chi connectivity index (χ0n) is 19.0. The fourth-order valence-electron chi connectivity index (χ4n) is 4.43. The van der Waals surface area contributed by atoms with Crippen LogP contribution in [0.25, 0.3) is 0 Å². The van der Waals surface area contributed by atoms with Crippen molar-refractivity contribution in [3.8, 4) is 5.75 Å². The number of carboxylic acid groups (broad SMARTS) is 1. The van der Waals surface area contributed by atoms with Crippen molar-refractivity contribution in [2.75, 3.05) is 16.4 Å². The molecule has 0 unspecified atom stereocenters. The third-order valence-electron chi connectivity index (χ3n) is 5.97. The van der Waals surface area contributed by atoms with Crippen LogP contribution in [-0.4, -0.2) is 23.6 Å². The first-order valence-corrected chi connectivity index (χ1v) is 11.3. The van der Waals surface area contributed by atoms with Crippen LogP contribution in [0.3, 0.4) is 0 Å². The first-order valence-electron chi connectivity index (χ1n) is 11.3. The number of carbonyl (C=O) groups excluding carboxylic acids is 1. The molecule has 4 aromatic rings. The Bertz CT molecular complexity index is 1320. The van der Waals surface area contributed by atoms with E-state index in [9.17, 15) is 9.59 Å². The quantitative estimate of drug-likeness (QED) is 0.390. The maximum Gasteiger partial charge on any atom is 0.341 e. The van der Waals surface area contributed by atoms with Gasteiger partial charge >= 0.3 is 5.97 Å². The molecule has 4 aromatic carbocycles. The van der Waals surface area contributed by atoms with Gasteiger partial charge in [0.2, 0.25) is 0 Å². The first kappa shape index (κ1) is 22.2. The minimum Gasteiger partial charge on any atom is -0.482 e. The van der Waals surface area contributed by atoms with Gasteiger partial charge in [0.05, 0.1) is 11.3 Å². The number of para-hydroxylation sites is 2. The number of hydrogen-bond donors (Lipinski definition) is 1. The Hall–Kier alpha value is -4.58. The molecule has 1 N–H and O–H groups in total. The molecule has 1 aliphatic rings. The van der Waals surface area contributed by atoms with Crippen molar-refractivity contribution in [3.05, 3.63) is 126 Å². The summed E-state index contributed by atoms with van der Waals surface area (Å²) in [6.45, 7) is 0.182. The molecule has 0 saturated carbocycles. The van der Waals surface area contributed by atoms with Crippen molar-refractivity contribution < 1.29 is 19.4 Å². The van der Waals surface area contributed by atoms with Crippen LogP contribution >= 0.6 is 0 Å². The number of amides is 1. The minimum absolute atomic E-state index is 0.0766. The highest BCUT2D eigenvalue weighted by Crippen LogP contribution is 2.42. The second-order valence-corrected chi connectivity index (χ2v) is 8.27. The summed E-state index contributed by atoms with van der Waals surface area (Å²) in [7, 11) is 0.